The van der Waals surface area contributed by atoms with Crippen LogP contribution < -0.4 is 4.90 Å². The van der Waals surface area contributed by atoms with Crippen LogP contribution in [0.15, 0.2) is 71.6 Å². The molecule has 7 nitrogen and oxygen atoms in total. The maximum absolute atomic E-state index is 13.2. The Morgan fingerprint density at radius 3 is 2.34 bits per heavy atom. The van der Waals surface area contributed by atoms with Crippen molar-refractivity contribution in [2.75, 3.05) is 37.6 Å². The highest BCUT2D eigenvalue weighted by atomic mass is 35.5. The number of rotatable bonds is 7. The fraction of sp³-hybridized carbons (Fsp3) is 0.286. The molecular weight excluding hydrogens is 540 g/mol. The van der Waals surface area contributed by atoms with Gasteiger partial charge in [0, 0.05) is 49.9 Å². The maximum atomic E-state index is 13.2. The second-order valence-corrected chi connectivity index (χ2v) is 12.6. The van der Waals surface area contributed by atoms with Gasteiger partial charge in [0.1, 0.15) is 0 Å². The highest BCUT2D eigenvalue weighted by Gasteiger charge is 2.26. The number of amides is 1. The zero-order valence-corrected chi connectivity index (χ0v) is 23.7. The normalized spacial score (nSPS) is 14.4. The summed E-state index contributed by atoms with van der Waals surface area (Å²) in [5, 5.41) is 1.64. The molecule has 4 aromatic rings. The number of benzene rings is 3. The third-order valence-electron chi connectivity index (χ3n) is 6.87. The predicted octanol–water partition coefficient (Wildman–Crippen LogP) is 5.43. The molecule has 0 N–H and O–H groups in total. The summed E-state index contributed by atoms with van der Waals surface area (Å²) in [5.41, 5.74) is 3.31. The minimum atomic E-state index is -3.68. The van der Waals surface area contributed by atoms with E-state index in [1.165, 1.54) is 16.4 Å². The van der Waals surface area contributed by atoms with Crippen molar-refractivity contribution < 1.29 is 13.2 Å². The quantitative estimate of drug-likeness (QED) is 0.297. The average molecular weight is 569 g/mol. The number of anilines is 1. The first-order chi connectivity index (χ1) is 18.3. The lowest BCUT2D eigenvalue weighted by Gasteiger charge is -2.34. The summed E-state index contributed by atoms with van der Waals surface area (Å²) in [6, 6.07) is 19.7. The van der Waals surface area contributed by atoms with Crippen LogP contribution in [0.1, 0.15) is 28.4 Å². The summed E-state index contributed by atoms with van der Waals surface area (Å²) in [6.07, 6.45) is 0. The number of aromatic nitrogens is 1. The van der Waals surface area contributed by atoms with E-state index in [0.29, 0.717) is 49.9 Å². The molecule has 0 unspecified atom stereocenters. The summed E-state index contributed by atoms with van der Waals surface area (Å²) < 4.78 is 29.0. The number of aryl methyl sites for hydroxylation is 1. The van der Waals surface area contributed by atoms with E-state index in [2.05, 4.69) is 4.90 Å². The molecule has 1 saturated heterocycles. The van der Waals surface area contributed by atoms with Gasteiger partial charge in [0.2, 0.25) is 10.0 Å². The molecule has 198 valence electrons. The Labute approximate surface area is 232 Å². The SMILES string of the molecule is CCN(Cc1ccccc1)S(=O)(=O)c1ccc(C(=O)N2CCN(c3nc4c(C)c(Cl)ccc4s3)CC2)cc1. The van der Waals surface area contributed by atoms with E-state index in [1.807, 2.05) is 61.2 Å². The van der Waals surface area contributed by atoms with Gasteiger partial charge in [-0.25, -0.2) is 13.4 Å². The van der Waals surface area contributed by atoms with Crippen molar-refractivity contribution in [3.05, 3.63) is 88.4 Å². The Morgan fingerprint density at radius 1 is 1.00 bits per heavy atom. The maximum Gasteiger partial charge on any atom is 0.253 e. The van der Waals surface area contributed by atoms with Crippen LogP contribution in [0.25, 0.3) is 10.2 Å². The molecule has 10 heteroatoms. The summed E-state index contributed by atoms with van der Waals surface area (Å²) in [7, 11) is -3.68. The predicted molar refractivity (Wildman–Crippen MR) is 154 cm³/mol. The van der Waals surface area contributed by atoms with E-state index in [9.17, 15) is 13.2 Å². The Balaban J connectivity index is 1.24. The second kappa shape index (κ2) is 11.0. The molecule has 1 aliphatic rings. The van der Waals surface area contributed by atoms with Gasteiger partial charge < -0.3 is 9.80 Å². The minimum absolute atomic E-state index is 0.0999. The zero-order valence-electron chi connectivity index (χ0n) is 21.3. The molecule has 0 saturated carbocycles. The van der Waals surface area contributed by atoms with Crippen molar-refractivity contribution in [2.45, 2.75) is 25.3 Å². The highest BCUT2D eigenvalue weighted by Crippen LogP contribution is 2.34. The molecule has 2 heterocycles. The molecule has 38 heavy (non-hydrogen) atoms. The molecular formula is C28H29ClN4O3S2. The summed E-state index contributed by atoms with van der Waals surface area (Å²) in [5.74, 6) is -0.0999. The fourth-order valence-electron chi connectivity index (χ4n) is 4.58. The van der Waals surface area contributed by atoms with Crippen molar-refractivity contribution in [2.24, 2.45) is 0 Å². The number of hydrogen-bond acceptors (Lipinski definition) is 6. The molecule has 0 radical (unpaired) electrons. The van der Waals surface area contributed by atoms with Gasteiger partial charge in [-0.3, -0.25) is 4.79 Å². The van der Waals surface area contributed by atoms with Crippen LogP contribution in [0.5, 0.6) is 0 Å². The summed E-state index contributed by atoms with van der Waals surface area (Å²) in [6.45, 7) is 6.93. The lowest BCUT2D eigenvalue weighted by molar-refractivity contribution is 0.0746. The first-order valence-corrected chi connectivity index (χ1v) is 15.2. The van der Waals surface area contributed by atoms with Crippen LogP contribution in [0, 0.1) is 6.92 Å². The molecule has 5 rings (SSSR count). The third kappa shape index (κ3) is 5.29. The van der Waals surface area contributed by atoms with Gasteiger partial charge in [0.25, 0.3) is 5.91 Å². The minimum Gasteiger partial charge on any atom is -0.345 e. The van der Waals surface area contributed by atoms with E-state index in [-0.39, 0.29) is 10.8 Å². The number of nitrogens with zero attached hydrogens (tertiary/aromatic N) is 4. The van der Waals surface area contributed by atoms with Crippen molar-refractivity contribution in [1.29, 1.82) is 0 Å². The lowest BCUT2D eigenvalue weighted by Crippen LogP contribution is -2.48. The Bertz CT molecular complexity index is 1550. The van der Waals surface area contributed by atoms with Crippen LogP contribution in [-0.2, 0) is 16.6 Å². The third-order valence-corrected chi connectivity index (χ3v) is 10.3. The number of sulfonamides is 1. The van der Waals surface area contributed by atoms with Gasteiger partial charge in [-0.15, -0.1) is 0 Å². The van der Waals surface area contributed by atoms with Gasteiger partial charge in [0.15, 0.2) is 5.13 Å². The van der Waals surface area contributed by atoms with E-state index in [4.69, 9.17) is 16.6 Å². The molecule has 1 fully saturated rings. The van der Waals surface area contributed by atoms with Crippen molar-refractivity contribution in [3.63, 3.8) is 0 Å². The highest BCUT2D eigenvalue weighted by molar-refractivity contribution is 7.89. The first kappa shape index (κ1) is 26.6. The van der Waals surface area contributed by atoms with E-state index >= 15 is 0 Å². The molecule has 0 spiro atoms. The molecule has 0 aliphatic carbocycles. The number of carbonyl (C=O) groups excluding carboxylic acids is 1. The average Bonchev–Trinajstić information content (AvgIpc) is 3.39. The molecule has 0 atom stereocenters. The van der Waals surface area contributed by atoms with E-state index < -0.39 is 10.0 Å². The number of piperazine rings is 1. The fourth-order valence-corrected chi connectivity index (χ4v) is 7.25. The largest absolute Gasteiger partial charge is 0.345 e. The number of thiazole rings is 1. The van der Waals surface area contributed by atoms with Crippen LogP contribution in [0.4, 0.5) is 5.13 Å². The number of carbonyl (C=O) groups is 1. The monoisotopic (exact) mass is 568 g/mol. The topological polar surface area (TPSA) is 73.8 Å². The van der Waals surface area contributed by atoms with Crippen molar-refractivity contribution in [3.8, 4) is 0 Å². The molecule has 1 aromatic heterocycles. The number of hydrogen-bond donors (Lipinski definition) is 0. The molecule has 1 amide bonds. The number of fused-ring (bicyclic) bond motifs is 1. The molecule has 0 bridgehead atoms. The molecule has 3 aromatic carbocycles. The first-order valence-electron chi connectivity index (χ1n) is 12.5. The van der Waals surface area contributed by atoms with E-state index in [1.54, 1.807) is 23.5 Å². The van der Waals surface area contributed by atoms with Crippen molar-refractivity contribution >= 4 is 54.2 Å². The molecule has 1 aliphatic heterocycles. The van der Waals surface area contributed by atoms with Gasteiger partial charge in [0.05, 0.1) is 15.1 Å². The smallest absolute Gasteiger partial charge is 0.253 e. The van der Waals surface area contributed by atoms with E-state index in [0.717, 1.165) is 26.5 Å². The summed E-state index contributed by atoms with van der Waals surface area (Å²) >= 11 is 7.89. The zero-order chi connectivity index (χ0) is 26.9. The van der Waals surface area contributed by atoms with Gasteiger partial charge in [-0.05, 0) is 54.4 Å². The summed E-state index contributed by atoms with van der Waals surface area (Å²) in [4.78, 5) is 22.2. The van der Waals surface area contributed by atoms with Crippen LogP contribution in [-0.4, -0.2) is 61.2 Å². The lowest BCUT2D eigenvalue weighted by atomic mass is 10.2. The van der Waals surface area contributed by atoms with Crippen LogP contribution in [0.3, 0.4) is 0 Å². The van der Waals surface area contributed by atoms with Gasteiger partial charge >= 0.3 is 0 Å². The standard InChI is InChI=1S/C28H29ClN4O3S2/c1-3-33(19-21-7-5-4-6-8-21)38(35,36)23-11-9-22(10-12-23)27(34)31-15-17-32(18-16-31)28-30-26-20(2)24(29)13-14-25(26)37-28/h4-14H,3,15-19H2,1-2H3. The number of halogens is 1. The second-order valence-electron chi connectivity index (χ2n) is 9.24. The Morgan fingerprint density at radius 2 is 1.68 bits per heavy atom. The Hall–Kier alpha value is -2.98. The van der Waals surface area contributed by atoms with Crippen molar-refractivity contribution in [1.82, 2.24) is 14.2 Å². The van der Waals surface area contributed by atoms with Crippen LogP contribution in [0.2, 0.25) is 5.02 Å². The van der Waals surface area contributed by atoms with Crippen LogP contribution >= 0.6 is 22.9 Å². The Kier molecular flexibility index (Phi) is 7.72. The van der Waals surface area contributed by atoms with Gasteiger partial charge in [-0.2, -0.15) is 4.31 Å². The van der Waals surface area contributed by atoms with Gasteiger partial charge in [-0.1, -0.05) is 60.2 Å².